The van der Waals surface area contributed by atoms with Crippen LogP contribution in [0.25, 0.3) is 5.70 Å². The van der Waals surface area contributed by atoms with E-state index in [1.807, 2.05) is 31.0 Å². The van der Waals surface area contributed by atoms with Crippen molar-refractivity contribution >= 4 is 58.0 Å². The lowest BCUT2D eigenvalue weighted by molar-refractivity contribution is -0.135. The number of nitrogens with one attached hydrogen (secondary N) is 2. The number of hydrogen-bond acceptors (Lipinski definition) is 4. The van der Waals surface area contributed by atoms with Crippen molar-refractivity contribution in [3.63, 3.8) is 0 Å². The van der Waals surface area contributed by atoms with Gasteiger partial charge in [-0.15, -0.1) is 0 Å². The Labute approximate surface area is 210 Å². The first kappa shape index (κ1) is 26.9. The highest BCUT2D eigenvalue weighted by Crippen LogP contribution is 2.31. The molecule has 0 aromatic heterocycles. The number of nitrogens with zero attached hydrogens (tertiary/aromatic N) is 1. The van der Waals surface area contributed by atoms with E-state index in [0.717, 1.165) is 5.56 Å². The van der Waals surface area contributed by atoms with E-state index >= 15 is 0 Å². The predicted octanol–water partition coefficient (Wildman–Crippen LogP) is 6.42. The smallest absolute Gasteiger partial charge is 0.257 e. The van der Waals surface area contributed by atoms with Crippen LogP contribution >= 0.6 is 34.8 Å². The summed E-state index contributed by atoms with van der Waals surface area (Å²) >= 11 is 18.4. The lowest BCUT2D eigenvalue weighted by Crippen LogP contribution is -2.54. The van der Waals surface area contributed by atoms with E-state index in [0.29, 0.717) is 38.6 Å². The van der Waals surface area contributed by atoms with Gasteiger partial charge in [0.1, 0.15) is 0 Å². The fraction of sp³-hybridized carbons (Fsp3) is 0.280. The number of anilines is 1. The van der Waals surface area contributed by atoms with Gasteiger partial charge in [-0.3, -0.25) is 19.8 Å². The van der Waals surface area contributed by atoms with Crippen LogP contribution in [0.4, 0.5) is 5.69 Å². The zero-order valence-corrected chi connectivity index (χ0v) is 21.6. The van der Waals surface area contributed by atoms with Crippen molar-refractivity contribution in [2.45, 2.75) is 33.2 Å². The first-order valence-electron chi connectivity index (χ1n) is 10.3. The molecule has 0 aliphatic rings. The molecule has 0 fully saturated rings. The Morgan fingerprint density at radius 3 is 2.15 bits per heavy atom. The lowest BCUT2D eigenvalue weighted by Gasteiger charge is -2.33. The zero-order valence-electron chi connectivity index (χ0n) is 19.4. The molecular formula is C25H28Cl3N3O2. The molecule has 0 atom stereocenters. The monoisotopic (exact) mass is 507 g/mol. The fourth-order valence-corrected chi connectivity index (χ4v) is 3.53. The van der Waals surface area contributed by atoms with Crippen LogP contribution in [0.3, 0.4) is 0 Å². The van der Waals surface area contributed by atoms with Crippen LogP contribution in [0.5, 0.6) is 0 Å². The number of hydrogen-bond donors (Lipinski definition) is 2. The van der Waals surface area contributed by atoms with Crippen LogP contribution in [0, 0.1) is 0 Å². The van der Waals surface area contributed by atoms with Gasteiger partial charge in [-0.05, 0) is 75.8 Å². The molecule has 33 heavy (non-hydrogen) atoms. The Balaban J connectivity index is 2.42. The maximum Gasteiger partial charge on any atom is 0.257 e. The Bertz CT molecular complexity index is 1090. The van der Waals surface area contributed by atoms with Gasteiger partial charge in [0.2, 0.25) is 5.91 Å². The van der Waals surface area contributed by atoms with Gasteiger partial charge in [0.05, 0.1) is 16.2 Å². The van der Waals surface area contributed by atoms with Crippen LogP contribution in [0.2, 0.25) is 15.1 Å². The molecule has 0 aliphatic heterocycles. The molecule has 0 saturated carbocycles. The second-order valence-electron chi connectivity index (χ2n) is 8.09. The van der Waals surface area contributed by atoms with Crippen molar-refractivity contribution in [3.8, 4) is 0 Å². The molecule has 2 N–H and O–H groups in total. The Hall–Kier alpha value is -2.31. The van der Waals surface area contributed by atoms with E-state index in [1.54, 1.807) is 51.1 Å². The van der Waals surface area contributed by atoms with Crippen molar-refractivity contribution in [2.24, 2.45) is 0 Å². The number of benzene rings is 2. The third-order valence-electron chi connectivity index (χ3n) is 5.64. The lowest BCUT2D eigenvalue weighted by atomic mass is 9.99. The summed E-state index contributed by atoms with van der Waals surface area (Å²) in [6.45, 7) is 11.8. The van der Waals surface area contributed by atoms with Gasteiger partial charge >= 0.3 is 0 Å². The van der Waals surface area contributed by atoms with E-state index in [9.17, 15) is 9.59 Å². The standard InChI is InChI=1S/C25H28Cl3N3O2/c1-7-31(6)25(4,5)24(33)30-23(32)16(3)15(2)22(17-8-10-18(26)11-9-17)29-21-13-12-19(27)14-20(21)28/h8-14,29H,3,7H2,1-2,4-6H3,(H,30,32,33)/b22-15-. The van der Waals surface area contributed by atoms with Crippen LogP contribution in [0.1, 0.15) is 33.3 Å². The summed E-state index contributed by atoms with van der Waals surface area (Å²) < 4.78 is 0. The number of amides is 2. The number of halogens is 3. The van der Waals surface area contributed by atoms with E-state index in [1.165, 1.54) is 0 Å². The summed E-state index contributed by atoms with van der Waals surface area (Å²) in [5.41, 5.74) is 1.76. The minimum Gasteiger partial charge on any atom is -0.354 e. The van der Waals surface area contributed by atoms with Gasteiger partial charge in [-0.2, -0.15) is 0 Å². The summed E-state index contributed by atoms with van der Waals surface area (Å²) in [6.07, 6.45) is 0. The number of rotatable bonds is 8. The van der Waals surface area contributed by atoms with Crippen LogP contribution in [-0.2, 0) is 9.59 Å². The predicted molar refractivity (Wildman–Crippen MR) is 139 cm³/mol. The number of imide groups is 1. The molecule has 2 amide bonds. The molecule has 5 nitrogen and oxygen atoms in total. The first-order valence-corrected chi connectivity index (χ1v) is 11.5. The van der Waals surface area contributed by atoms with Crippen LogP contribution in [0.15, 0.2) is 60.2 Å². The van der Waals surface area contributed by atoms with Crippen molar-refractivity contribution in [1.29, 1.82) is 0 Å². The third-order valence-corrected chi connectivity index (χ3v) is 6.44. The van der Waals surface area contributed by atoms with Gasteiger partial charge in [0.25, 0.3) is 5.91 Å². The summed E-state index contributed by atoms with van der Waals surface area (Å²) in [4.78, 5) is 27.5. The quantitative estimate of drug-likeness (QED) is 0.319. The van der Waals surface area contributed by atoms with Gasteiger partial charge in [0.15, 0.2) is 0 Å². The van der Waals surface area contributed by atoms with Gasteiger partial charge in [-0.25, -0.2) is 0 Å². The zero-order chi connectivity index (χ0) is 24.9. The highest BCUT2D eigenvalue weighted by atomic mass is 35.5. The number of carbonyl (C=O) groups is 2. The average molecular weight is 509 g/mol. The van der Waals surface area contributed by atoms with Crippen molar-refractivity contribution in [3.05, 3.63) is 80.8 Å². The summed E-state index contributed by atoms with van der Waals surface area (Å²) in [7, 11) is 1.82. The van der Waals surface area contributed by atoms with Crippen molar-refractivity contribution in [2.75, 3.05) is 18.9 Å². The molecule has 0 heterocycles. The largest absolute Gasteiger partial charge is 0.354 e. The normalized spacial score (nSPS) is 12.3. The molecule has 0 unspecified atom stereocenters. The fourth-order valence-electron chi connectivity index (χ4n) is 2.95. The molecule has 0 radical (unpaired) electrons. The minimum atomic E-state index is -0.865. The van der Waals surface area contributed by atoms with E-state index < -0.39 is 17.4 Å². The second-order valence-corrected chi connectivity index (χ2v) is 9.37. The van der Waals surface area contributed by atoms with Gasteiger partial charge in [0, 0.05) is 21.3 Å². The summed E-state index contributed by atoms with van der Waals surface area (Å²) in [5.74, 6) is -0.988. The Morgan fingerprint density at radius 2 is 1.61 bits per heavy atom. The highest BCUT2D eigenvalue weighted by molar-refractivity contribution is 6.36. The van der Waals surface area contributed by atoms with E-state index in [-0.39, 0.29) is 5.57 Å². The maximum atomic E-state index is 12.9. The molecule has 2 aromatic carbocycles. The molecule has 0 spiro atoms. The molecule has 176 valence electrons. The molecular weight excluding hydrogens is 481 g/mol. The molecule has 2 rings (SSSR count). The first-order chi connectivity index (χ1) is 15.4. The van der Waals surface area contributed by atoms with Gasteiger partial charge < -0.3 is 5.32 Å². The van der Waals surface area contributed by atoms with Crippen molar-refractivity contribution in [1.82, 2.24) is 10.2 Å². The minimum absolute atomic E-state index is 0.140. The average Bonchev–Trinajstić information content (AvgIpc) is 2.77. The topological polar surface area (TPSA) is 61.4 Å². The van der Waals surface area contributed by atoms with E-state index in [2.05, 4.69) is 17.2 Å². The molecule has 8 heteroatoms. The second kappa shape index (κ2) is 11.2. The summed E-state index contributed by atoms with van der Waals surface area (Å²) in [6, 6.07) is 12.2. The molecule has 0 saturated heterocycles. The SMILES string of the molecule is C=C(C(=O)NC(=O)C(C)(C)N(C)CC)/C(C)=C(\Nc1ccc(Cl)cc1Cl)c1ccc(Cl)cc1. The number of carbonyl (C=O) groups excluding carboxylic acids is 2. The van der Waals surface area contributed by atoms with Crippen molar-refractivity contribution < 1.29 is 9.59 Å². The molecule has 2 aromatic rings. The number of likely N-dealkylation sites (N-methyl/N-ethyl adjacent to an activating group) is 1. The van der Waals surface area contributed by atoms with Crippen LogP contribution in [-0.4, -0.2) is 35.8 Å². The molecule has 0 bridgehead atoms. The van der Waals surface area contributed by atoms with Gasteiger partial charge in [-0.1, -0.05) is 60.4 Å². The third kappa shape index (κ3) is 6.61. The Kier molecular flexibility index (Phi) is 9.15. The maximum absolute atomic E-state index is 12.9. The van der Waals surface area contributed by atoms with E-state index in [4.69, 9.17) is 34.8 Å². The Morgan fingerprint density at radius 1 is 1.03 bits per heavy atom. The highest BCUT2D eigenvalue weighted by Gasteiger charge is 2.33. The molecule has 0 aliphatic carbocycles. The van der Waals surface area contributed by atoms with Crippen LogP contribution < -0.4 is 10.6 Å². The summed E-state index contributed by atoms with van der Waals surface area (Å²) in [5, 5.41) is 7.23.